The number of benzene rings is 1. The number of thiocarbonyl (C=S) groups is 1. The van der Waals surface area contributed by atoms with Gasteiger partial charge in [-0.05, 0) is 68.0 Å². The predicted molar refractivity (Wildman–Crippen MR) is 143 cm³/mol. The van der Waals surface area contributed by atoms with E-state index < -0.39 is 0 Å². The van der Waals surface area contributed by atoms with Crippen molar-refractivity contribution in [3.05, 3.63) is 76.3 Å². The molecule has 1 aromatic carbocycles. The normalized spacial score (nSPS) is 17.6. The fourth-order valence-electron chi connectivity index (χ4n) is 4.59. The molecule has 3 aromatic rings. The Bertz CT molecular complexity index is 1170. The number of methoxy groups -OCH3 is 2. The molecule has 9 heteroatoms. The Balaban J connectivity index is 1.76. The van der Waals surface area contributed by atoms with Gasteiger partial charge in [-0.15, -0.1) is 0 Å². The van der Waals surface area contributed by atoms with E-state index in [0.717, 1.165) is 17.9 Å². The maximum atomic E-state index is 6.61. The summed E-state index contributed by atoms with van der Waals surface area (Å²) in [5, 5.41) is 4.65. The largest absolute Gasteiger partial charge is 0.490 e. The third-order valence-electron chi connectivity index (χ3n) is 6.29. The minimum atomic E-state index is -0.128. The van der Waals surface area contributed by atoms with Gasteiger partial charge in [0.2, 0.25) is 0 Å². The molecule has 0 bridgehead atoms. The summed E-state index contributed by atoms with van der Waals surface area (Å²) in [5.41, 5.74) is 5.34. The van der Waals surface area contributed by atoms with Crippen LogP contribution in [0.3, 0.4) is 0 Å². The quantitative estimate of drug-likeness (QED) is 0.301. The Kier molecular flexibility index (Phi) is 8.28. The first kappa shape index (κ1) is 25.4. The zero-order valence-corrected chi connectivity index (χ0v) is 22.0. The molecule has 1 saturated heterocycles. The van der Waals surface area contributed by atoms with Crippen molar-refractivity contribution in [1.29, 1.82) is 0 Å². The molecule has 4 rings (SSSR count). The number of halogens is 1. The van der Waals surface area contributed by atoms with Gasteiger partial charge < -0.3 is 29.0 Å². The smallest absolute Gasteiger partial charge is 0.174 e. The van der Waals surface area contributed by atoms with Crippen LogP contribution in [0.5, 0.6) is 5.75 Å². The Morgan fingerprint density at radius 2 is 1.86 bits per heavy atom. The van der Waals surface area contributed by atoms with Crippen LogP contribution in [0.15, 0.2) is 48.7 Å². The molecule has 2 unspecified atom stereocenters. The number of hydrogen-bond acceptors (Lipinski definition) is 5. The molecule has 35 heavy (non-hydrogen) atoms. The maximum absolute atomic E-state index is 6.61. The molecule has 0 saturated carbocycles. The summed E-state index contributed by atoms with van der Waals surface area (Å²) in [5.74, 6) is 0.612. The van der Waals surface area contributed by atoms with Crippen molar-refractivity contribution in [2.75, 3.05) is 38.9 Å². The van der Waals surface area contributed by atoms with E-state index in [4.69, 9.17) is 38.0 Å². The zero-order valence-electron chi connectivity index (χ0n) is 20.5. The molecule has 186 valence electrons. The Hall–Kier alpha value is -2.65. The fourth-order valence-corrected chi connectivity index (χ4v) is 5.17. The Morgan fingerprint density at radius 1 is 1.06 bits per heavy atom. The second-order valence-electron chi connectivity index (χ2n) is 8.42. The van der Waals surface area contributed by atoms with Crippen LogP contribution in [0.25, 0.3) is 0 Å². The number of pyridine rings is 1. The highest BCUT2D eigenvalue weighted by Crippen LogP contribution is 2.44. The van der Waals surface area contributed by atoms with Crippen LogP contribution in [0.2, 0.25) is 5.02 Å². The molecule has 0 aliphatic carbocycles. The van der Waals surface area contributed by atoms with E-state index in [0.29, 0.717) is 35.7 Å². The summed E-state index contributed by atoms with van der Waals surface area (Å²) in [6.45, 7) is 6.61. The minimum absolute atomic E-state index is 0.115. The topological polar surface area (TPSA) is 60.8 Å². The molecular formula is C26H31ClN4O3S. The lowest BCUT2D eigenvalue weighted by Crippen LogP contribution is -2.29. The molecule has 7 nitrogen and oxygen atoms in total. The van der Waals surface area contributed by atoms with Crippen LogP contribution in [0.1, 0.15) is 34.7 Å². The zero-order chi connectivity index (χ0) is 24.9. The van der Waals surface area contributed by atoms with Crippen molar-refractivity contribution in [2.45, 2.75) is 32.5 Å². The highest BCUT2D eigenvalue weighted by atomic mass is 35.5. The Morgan fingerprint density at radius 3 is 2.54 bits per heavy atom. The fraction of sp³-hybridized carbons (Fsp3) is 0.385. The first-order valence-corrected chi connectivity index (χ1v) is 12.3. The van der Waals surface area contributed by atoms with Gasteiger partial charge in [0.25, 0.3) is 0 Å². The second kappa shape index (κ2) is 11.4. The van der Waals surface area contributed by atoms with Gasteiger partial charge in [-0.25, -0.2) is 0 Å². The van der Waals surface area contributed by atoms with Crippen molar-refractivity contribution in [3.63, 3.8) is 0 Å². The number of anilines is 1. The lowest BCUT2D eigenvalue weighted by atomic mass is 9.96. The number of nitrogens with one attached hydrogen (secondary N) is 1. The third-order valence-corrected chi connectivity index (χ3v) is 6.90. The van der Waals surface area contributed by atoms with Gasteiger partial charge in [0, 0.05) is 44.0 Å². The van der Waals surface area contributed by atoms with Gasteiger partial charge in [-0.2, -0.15) is 0 Å². The van der Waals surface area contributed by atoms with E-state index in [1.54, 1.807) is 14.2 Å². The standard InChI is InChI=1S/C26H31ClN4O3S/c1-17-15-20(18(2)30(17)11-12-32-3)25-24(22-7-5-6-10-28-22)29-26(35)31(25)19-8-9-23(21(27)16-19)34-14-13-33-4/h5-10,15-16,24-25H,11-14H2,1-4H3,(H,29,35). The number of aryl methyl sites for hydroxylation is 1. The number of aromatic nitrogens is 2. The highest BCUT2D eigenvalue weighted by molar-refractivity contribution is 7.80. The van der Waals surface area contributed by atoms with E-state index in [1.807, 2.05) is 42.6 Å². The molecule has 1 fully saturated rings. The Labute approximate surface area is 217 Å². The summed E-state index contributed by atoms with van der Waals surface area (Å²) in [6, 6.07) is 13.7. The SMILES string of the molecule is COCCOc1ccc(N2C(=S)NC(c3ccccn3)C2c2cc(C)n(CCOC)c2C)cc1Cl. The summed E-state index contributed by atoms with van der Waals surface area (Å²) in [6.07, 6.45) is 1.81. The van der Waals surface area contributed by atoms with E-state index in [2.05, 4.69) is 39.7 Å². The van der Waals surface area contributed by atoms with Gasteiger partial charge in [-0.3, -0.25) is 4.98 Å². The number of rotatable bonds is 10. The number of hydrogen-bond donors (Lipinski definition) is 1. The van der Waals surface area contributed by atoms with Crippen molar-refractivity contribution < 1.29 is 14.2 Å². The number of nitrogens with zero attached hydrogens (tertiary/aromatic N) is 3. The monoisotopic (exact) mass is 514 g/mol. The first-order chi connectivity index (χ1) is 17.0. The molecule has 1 N–H and O–H groups in total. The van der Waals surface area contributed by atoms with Gasteiger partial charge in [0.05, 0.1) is 36.0 Å². The third kappa shape index (κ3) is 5.30. The van der Waals surface area contributed by atoms with Crippen molar-refractivity contribution in [2.24, 2.45) is 0 Å². The molecule has 2 atom stereocenters. The minimum Gasteiger partial charge on any atom is -0.490 e. The van der Waals surface area contributed by atoms with Crippen LogP contribution in [0, 0.1) is 13.8 Å². The molecule has 2 aromatic heterocycles. The molecular weight excluding hydrogens is 484 g/mol. The summed E-state index contributed by atoms with van der Waals surface area (Å²) < 4.78 is 18.4. The van der Waals surface area contributed by atoms with E-state index in [-0.39, 0.29) is 12.1 Å². The van der Waals surface area contributed by atoms with Crippen LogP contribution < -0.4 is 15.0 Å². The summed E-state index contributed by atoms with van der Waals surface area (Å²) in [7, 11) is 3.36. The van der Waals surface area contributed by atoms with Crippen LogP contribution in [-0.2, 0) is 16.0 Å². The van der Waals surface area contributed by atoms with Gasteiger partial charge >= 0.3 is 0 Å². The molecule has 0 spiro atoms. The van der Waals surface area contributed by atoms with Crippen LogP contribution >= 0.6 is 23.8 Å². The average Bonchev–Trinajstić information content (AvgIpc) is 3.34. The van der Waals surface area contributed by atoms with Crippen molar-refractivity contribution in [1.82, 2.24) is 14.9 Å². The molecule has 3 heterocycles. The molecule has 1 aliphatic heterocycles. The van der Waals surface area contributed by atoms with Gasteiger partial charge in [0.1, 0.15) is 12.4 Å². The van der Waals surface area contributed by atoms with E-state index >= 15 is 0 Å². The second-order valence-corrected chi connectivity index (χ2v) is 9.22. The van der Waals surface area contributed by atoms with Gasteiger partial charge in [0.15, 0.2) is 5.11 Å². The predicted octanol–water partition coefficient (Wildman–Crippen LogP) is 5.00. The maximum Gasteiger partial charge on any atom is 0.174 e. The summed E-state index contributed by atoms with van der Waals surface area (Å²) in [4.78, 5) is 6.77. The average molecular weight is 515 g/mol. The lowest BCUT2D eigenvalue weighted by molar-refractivity contribution is 0.146. The van der Waals surface area contributed by atoms with Crippen LogP contribution in [0.4, 0.5) is 5.69 Å². The molecule has 1 aliphatic rings. The van der Waals surface area contributed by atoms with Crippen molar-refractivity contribution in [3.8, 4) is 5.75 Å². The van der Waals surface area contributed by atoms with Crippen LogP contribution in [-0.4, -0.2) is 48.7 Å². The molecule has 0 radical (unpaired) electrons. The van der Waals surface area contributed by atoms with Crippen molar-refractivity contribution >= 4 is 34.6 Å². The first-order valence-electron chi connectivity index (χ1n) is 11.5. The van der Waals surface area contributed by atoms with E-state index in [9.17, 15) is 0 Å². The van der Waals surface area contributed by atoms with E-state index in [1.165, 1.54) is 17.0 Å². The highest BCUT2D eigenvalue weighted by Gasteiger charge is 2.42. The lowest BCUT2D eigenvalue weighted by Gasteiger charge is -2.28. The summed E-state index contributed by atoms with van der Waals surface area (Å²) >= 11 is 12.5. The molecule has 0 amide bonds. The van der Waals surface area contributed by atoms with Gasteiger partial charge in [-0.1, -0.05) is 17.7 Å². The number of ether oxygens (including phenoxy) is 3.